The number of anilines is 2. The monoisotopic (exact) mass is 391 g/mol. The topological polar surface area (TPSA) is 128 Å². The van der Waals surface area contributed by atoms with E-state index in [1.165, 1.54) is 34.4 Å². The minimum atomic E-state index is -0.837. The summed E-state index contributed by atoms with van der Waals surface area (Å²) in [7, 11) is 0. The Morgan fingerprint density at radius 3 is 2.78 bits per heavy atom. The number of benzene rings is 1. The van der Waals surface area contributed by atoms with Gasteiger partial charge in [0.1, 0.15) is 11.6 Å². The number of carbonyl (C=O) groups is 2. The molecule has 0 spiro atoms. The van der Waals surface area contributed by atoms with Crippen LogP contribution in [0.3, 0.4) is 0 Å². The maximum atomic E-state index is 12.8. The maximum absolute atomic E-state index is 12.8. The lowest BCUT2D eigenvalue weighted by Gasteiger charge is -2.35. The normalized spacial score (nSPS) is 16.1. The van der Waals surface area contributed by atoms with Crippen molar-refractivity contribution < 1.29 is 19.2 Å². The molecule has 10 nitrogen and oxygen atoms in total. The quantitative estimate of drug-likeness (QED) is 0.611. The SMILES string of the molecule is Cc1nnc(NC(=O)CN2C(=O)C(C(C)C)Oc3cc([N+](=O)[O-])ccc32)s1. The molecule has 1 aromatic carbocycles. The summed E-state index contributed by atoms with van der Waals surface area (Å²) in [5, 5.41) is 22.3. The van der Waals surface area contributed by atoms with Gasteiger partial charge in [-0.2, -0.15) is 0 Å². The highest BCUT2D eigenvalue weighted by atomic mass is 32.1. The van der Waals surface area contributed by atoms with Crippen molar-refractivity contribution in [2.75, 3.05) is 16.8 Å². The largest absolute Gasteiger partial charge is 0.478 e. The zero-order valence-corrected chi connectivity index (χ0v) is 15.6. The van der Waals surface area contributed by atoms with Crippen molar-refractivity contribution in [3.05, 3.63) is 33.3 Å². The summed E-state index contributed by atoms with van der Waals surface area (Å²) in [5.41, 5.74) is 0.158. The molecule has 0 fully saturated rings. The first-order chi connectivity index (χ1) is 12.8. The Labute approximate surface area is 158 Å². The third kappa shape index (κ3) is 3.87. The lowest BCUT2D eigenvalue weighted by atomic mass is 10.0. The zero-order chi connectivity index (χ0) is 19.7. The predicted octanol–water partition coefficient (Wildman–Crippen LogP) is 2.14. The lowest BCUT2D eigenvalue weighted by molar-refractivity contribution is -0.384. The van der Waals surface area contributed by atoms with Crippen LogP contribution in [0, 0.1) is 23.0 Å². The summed E-state index contributed by atoms with van der Waals surface area (Å²) in [6, 6.07) is 3.94. The Kier molecular flexibility index (Phi) is 5.04. The van der Waals surface area contributed by atoms with Crippen LogP contribution in [0.1, 0.15) is 18.9 Å². The molecule has 142 valence electrons. The average molecular weight is 391 g/mol. The molecule has 1 aliphatic rings. The van der Waals surface area contributed by atoms with Crippen molar-refractivity contribution in [1.29, 1.82) is 0 Å². The first-order valence-electron chi connectivity index (χ1n) is 8.12. The van der Waals surface area contributed by atoms with E-state index in [1.54, 1.807) is 20.8 Å². The number of hydrogen-bond donors (Lipinski definition) is 1. The molecule has 27 heavy (non-hydrogen) atoms. The number of hydrogen-bond acceptors (Lipinski definition) is 8. The number of aryl methyl sites for hydroxylation is 1. The van der Waals surface area contributed by atoms with Gasteiger partial charge in [0, 0.05) is 6.07 Å². The third-order valence-electron chi connectivity index (χ3n) is 3.89. The summed E-state index contributed by atoms with van der Waals surface area (Å²) in [6.07, 6.45) is -0.837. The first-order valence-corrected chi connectivity index (χ1v) is 8.94. The van der Waals surface area contributed by atoms with Crippen LogP contribution >= 0.6 is 11.3 Å². The van der Waals surface area contributed by atoms with Crippen LogP contribution in [0.15, 0.2) is 18.2 Å². The number of aromatic nitrogens is 2. The minimum absolute atomic E-state index is 0.153. The number of nitrogens with zero attached hydrogens (tertiary/aromatic N) is 4. The van der Waals surface area contributed by atoms with Gasteiger partial charge in [-0.25, -0.2) is 0 Å². The smallest absolute Gasteiger partial charge is 0.273 e. The highest BCUT2D eigenvalue weighted by Crippen LogP contribution is 2.38. The fourth-order valence-corrected chi connectivity index (χ4v) is 3.24. The lowest BCUT2D eigenvalue weighted by Crippen LogP contribution is -2.50. The number of rotatable bonds is 5. The molecular formula is C16H17N5O5S. The predicted molar refractivity (Wildman–Crippen MR) is 98.0 cm³/mol. The van der Waals surface area contributed by atoms with E-state index < -0.39 is 16.9 Å². The Bertz CT molecular complexity index is 912. The molecule has 1 aliphatic heterocycles. The van der Waals surface area contributed by atoms with Crippen LogP contribution in [-0.4, -0.2) is 39.6 Å². The Morgan fingerprint density at radius 2 is 2.19 bits per heavy atom. The van der Waals surface area contributed by atoms with Crippen molar-refractivity contribution in [3.8, 4) is 5.75 Å². The van der Waals surface area contributed by atoms with Crippen LogP contribution in [0.25, 0.3) is 0 Å². The second-order valence-corrected chi connectivity index (χ2v) is 7.47. The summed E-state index contributed by atoms with van der Waals surface area (Å²) in [6.45, 7) is 5.09. The van der Waals surface area contributed by atoms with E-state index in [1.807, 2.05) is 0 Å². The van der Waals surface area contributed by atoms with Gasteiger partial charge in [0.15, 0.2) is 11.9 Å². The highest BCUT2D eigenvalue weighted by Gasteiger charge is 2.38. The van der Waals surface area contributed by atoms with Crippen LogP contribution < -0.4 is 15.0 Å². The Morgan fingerprint density at radius 1 is 1.44 bits per heavy atom. The number of non-ortho nitro benzene ring substituents is 1. The van der Waals surface area contributed by atoms with Gasteiger partial charge >= 0.3 is 0 Å². The number of nitro benzene ring substituents is 1. The van der Waals surface area contributed by atoms with Gasteiger partial charge in [-0.1, -0.05) is 25.2 Å². The van der Waals surface area contributed by atoms with Crippen molar-refractivity contribution in [3.63, 3.8) is 0 Å². The van der Waals surface area contributed by atoms with E-state index in [-0.39, 0.29) is 29.8 Å². The van der Waals surface area contributed by atoms with Gasteiger partial charge in [0.25, 0.3) is 11.6 Å². The van der Waals surface area contributed by atoms with E-state index in [4.69, 9.17) is 4.74 Å². The number of nitrogens with one attached hydrogen (secondary N) is 1. The van der Waals surface area contributed by atoms with Gasteiger partial charge in [0.2, 0.25) is 11.0 Å². The van der Waals surface area contributed by atoms with Crippen molar-refractivity contribution >= 4 is 39.7 Å². The van der Waals surface area contributed by atoms with Gasteiger partial charge in [-0.05, 0) is 18.9 Å². The standard InChI is InChI=1S/C16H17N5O5S/c1-8(2)14-15(23)20(7-13(22)17-16-19-18-9(3)27-16)11-5-4-10(21(24)25)6-12(11)26-14/h4-6,8,14H,7H2,1-3H3,(H,17,19,22). The van der Waals surface area contributed by atoms with Crippen molar-refractivity contribution in [2.24, 2.45) is 5.92 Å². The molecular weight excluding hydrogens is 374 g/mol. The molecule has 0 bridgehead atoms. The zero-order valence-electron chi connectivity index (χ0n) is 14.8. The Hall–Kier alpha value is -3.08. The molecule has 1 atom stereocenters. The molecule has 11 heteroatoms. The molecule has 0 aliphatic carbocycles. The molecule has 2 aromatic rings. The number of ether oxygens (including phenoxy) is 1. The van der Waals surface area contributed by atoms with Crippen molar-refractivity contribution in [2.45, 2.75) is 26.9 Å². The first kappa shape index (κ1) is 18.7. The summed E-state index contributed by atoms with van der Waals surface area (Å²) in [5.74, 6) is -0.813. The number of nitro groups is 1. The summed E-state index contributed by atoms with van der Waals surface area (Å²) < 4.78 is 5.68. The highest BCUT2D eigenvalue weighted by molar-refractivity contribution is 7.15. The third-order valence-corrected chi connectivity index (χ3v) is 4.64. The molecule has 0 saturated carbocycles. The van der Waals surface area contributed by atoms with Crippen molar-refractivity contribution in [1.82, 2.24) is 10.2 Å². The van der Waals surface area contributed by atoms with Crippen LogP contribution in [0.4, 0.5) is 16.5 Å². The molecule has 0 saturated heterocycles. The fraction of sp³-hybridized carbons (Fsp3) is 0.375. The molecule has 1 unspecified atom stereocenters. The van der Waals surface area contributed by atoms with E-state index in [0.717, 1.165) is 0 Å². The van der Waals surface area contributed by atoms with Gasteiger partial charge in [-0.3, -0.25) is 29.9 Å². The number of carbonyl (C=O) groups excluding carboxylic acids is 2. The second kappa shape index (κ2) is 7.27. The van der Waals surface area contributed by atoms with E-state index in [2.05, 4.69) is 15.5 Å². The Balaban J connectivity index is 1.89. The maximum Gasteiger partial charge on any atom is 0.273 e. The average Bonchev–Trinajstić information content (AvgIpc) is 3.01. The molecule has 0 radical (unpaired) electrons. The van der Waals surface area contributed by atoms with Crippen LogP contribution in [-0.2, 0) is 9.59 Å². The van der Waals surface area contributed by atoms with E-state index in [0.29, 0.717) is 15.8 Å². The van der Waals surface area contributed by atoms with Gasteiger partial charge in [-0.15, -0.1) is 10.2 Å². The van der Waals surface area contributed by atoms with Crippen LogP contribution in [0.5, 0.6) is 5.75 Å². The molecule has 1 N–H and O–H groups in total. The van der Waals surface area contributed by atoms with Crippen LogP contribution in [0.2, 0.25) is 0 Å². The van der Waals surface area contributed by atoms with Gasteiger partial charge < -0.3 is 4.74 Å². The molecule has 2 heterocycles. The second-order valence-electron chi connectivity index (χ2n) is 6.29. The summed E-state index contributed by atoms with van der Waals surface area (Å²) >= 11 is 1.22. The van der Waals surface area contributed by atoms with Gasteiger partial charge in [0.05, 0.1) is 16.7 Å². The molecule has 3 rings (SSSR count). The fourth-order valence-electron chi connectivity index (χ4n) is 2.63. The minimum Gasteiger partial charge on any atom is -0.478 e. The van der Waals surface area contributed by atoms with E-state index >= 15 is 0 Å². The number of amides is 2. The number of fused-ring (bicyclic) bond motifs is 1. The molecule has 1 aromatic heterocycles. The van der Waals surface area contributed by atoms with E-state index in [9.17, 15) is 19.7 Å². The summed E-state index contributed by atoms with van der Waals surface area (Å²) in [4.78, 5) is 36.9. The molecule has 2 amide bonds.